The molecule has 11 rings (SSSR count). The van der Waals surface area contributed by atoms with Gasteiger partial charge in [0.25, 0.3) is 0 Å². The van der Waals surface area contributed by atoms with Gasteiger partial charge < -0.3 is 9.47 Å². The number of thiophene rings is 1. The van der Waals surface area contributed by atoms with Gasteiger partial charge in [0.2, 0.25) is 0 Å². The van der Waals surface area contributed by atoms with Crippen molar-refractivity contribution in [2.24, 2.45) is 0 Å². The Morgan fingerprint density at radius 2 is 0.772 bits per heavy atom. The average molecular weight is 745 g/mol. The van der Waals surface area contributed by atoms with E-state index in [1.54, 1.807) is 0 Å². The Bertz CT molecular complexity index is 3100. The van der Waals surface area contributed by atoms with E-state index in [9.17, 15) is 0 Å². The predicted octanol–water partition coefficient (Wildman–Crippen LogP) is 15.6. The number of nitrogens with zero attached hydrogens (tertiary/aromatic N) is 2. The molecular weight excluding hydrogens is 709 g/mol. The van der Waals surface area contributed by atoms with Crippen LogP contribution in [0.1, 0.15) is 0 Å². The lowest BCUT2D eigenvalue weighted by Gasteiger charge is -2.26. The molecule has 9 aromatic carbocycles. The van der Waals surface area contributed by atoms with E-state index in [0.717, 1.165) is 22.7 Å². The maximum Gasteiger partial charge on any atom is 0.0548 e. The molecule has 268 valence electrons. The fourth-order valence-electron chi connectivity index (χ4n) is 8.48. The molecule has 0 amide bonds. The van der Waals surface area contributed by atoms with Crippen molar-refractivity contribution in [1.82, 2.24) is 4.57 Å². The lowest BCUT2D eigenvalue weighted by Crippen LogP contribution is -2.10. The summed E-state index contributed by atoms with van der Waals surface area (Å²) in [6.45, 7) is 0. The second kappa shape index (κ2) is 13.8. The van der Waals surface area contributed by atoms with Gasteiger partial charge in [-0.25, -0.2) is 0 Å². The molecule has 0 aliphatic rings. The van der Waals surface area contributed by atoms with Gasteiger partial charge in [0.1, 0.15) is 0 Å². The first kappa shape index (κ1) is 33.2. The lowest BCUT2D eigenvalue weighted by molar-refractivity contribution is 1.18. The van der Waals surface area contributed by atoms with Crippen molar-refractivity contribution in [2.75, 3.05) is 4.90 Å². The highest BCUT2D eigenvalue weighted by atomic mass is 32.1. The van der Waals surface area contributed by atoms with Crippen LogP contribution in [0.2, 0.25) is 0 Å². The molecule has 2 nitrogen and oxygen atoms in total. The van der Waals surface area contributed by atoms with E-state index in [-0.39, 0.29) is 0 Å². The average Bonchev–Trinajstić information content (AvgIpc) is 3.83. The predicted molar refractivity (Wildman–Crippen MR) is 245 cm³/mol. The number of fused-ring (bicyclic) bond motifs is 7. The van der Waals surface area contributed by atoms with Gasteiger partial charge in [-0.1, -0.05) is 146 Å². The van der Waals surface area contributed by atoms with E-state index in [2.05, 4.69) is 228 Å². The van der Waals surface area contributed by atoms with E-state index in [0.29, 0.717) is 0 Å². The van der Waals surface area contributed by atoms with Crippen LogP contribution in [0.3, 0.4) is 0 Å². The van der Waals surface area contributed by atoms with Gasteiger partial charge in [-0.3, -0.25) is 0 Å². The van der Waals surface area contributed by atoms with Gasteiger partial charge in [0.05, 0.1) is 11.0 Å². The Hall–Kier alpha value is -7.20. The third-order valence-corrected chi connectivity index (χ3v) is 12.3. The first-order valence-electron chi connectivity index (χ1n) is 19.4. The molecule has 3 heteroatoms. The fourth-order valence-corrected chi connectivity index (χ4v) is 9.59. The molecule has 0 unspecified atom stereocenters. The fraction of sp³-hybridized carbons (Fsp3) is 0. The highest BCUT2D eigenvalue weighted by Crippen LogP contribution is 2.46. The molecule has 0 saturated carbocycles. The van der Waals surface area contributed by atoms with Gasteiger partial charge in [-0.15, -0.1) is 11.3 Å². The van der Waals surface area contributed by atoms with E-state index >= 15 is 0 Å². The summed E-state index contributed by atoms with van der Waals surface area (Å²) in [7, 11) is 0. The third kappa shape index (κ3) is 5.80. The number of rotatable bonds is 7. The first-order valence-corrected chi connectivity index (χ1v) is 20.2. The maximum absolute atomic E-state index is 2.45. The number of hydrogen-bond donors (Lipinski definition) is 0. The Labute approximate surface area is 335 Å². The van der Waals surface area contributed by atoms with Crippen molar-refractivity contribution in [3.8, 4) is 39.1 Å². The molecule has 0 bridgehead atoms. The molecule has 0 aliphatic carbocycles. The summed E-state index contributed by atoms with van der Waals surface area (Å²) < 4.78 is 5.06. The molecule has 0 aliphatic heterocycles. The maximum atomic E-state index is 2.45. The summed E-state index contributed by atoms with van der Waals surface area (Å²) in [5.74, 6) is 0. The van der Waals surface area contributed by atoms with Crippen LogP contribution in [0.5, 0.6) is 0 Å². The molecule has 57 heavy (non-hydrogen) atoms. The highest BCUT2D eigenvalue weighted by Gasteiger charge is 2.21. The van der Waals surface area contributed by atoms with Crippen LogP contribution in [0.4, 0.5) is 17.1 Å². The van der Waals surface area contributed by atoms with Crippen LogP contribution in [-0.2, 0) is 0 Å². The minimum absolute atomic E-state index is 1.10. The van der Waals surface area contributed by atoms with Crippen LogP contribution in [0, 0.1) is 0 Å². The topological polar surface area (TPSA) is 8.17 Å². The van der Waals surface area contributed by atoms with Gasteiger partial charge in [-0.05, 0) is 106 Å². The molecule has 2 aromatic heterocycles. The SMILES string of the molecule is c1ccc(-c2ccc(N(c3ccc(-c4ccccc4)cc3)c3ccc4c(c3)c3c5c(ccc3n4-c3ccc(-c4ccccc4)cc3)sc3ccccc35)cc2)cc1. The summed E-state index contributed by atoms with van der Waals surface area (Å²) in [6, 6.07) is 79.3. The quantitative estimate of drug-likeness (QED) is 0.158. The molecule has 0 saturated heterocycles. The van der Waals surface area contributed by atoms with Crippen molar-refractivity contribution < 1.29 is 0 Å². The molecule has 0 spiro atoms. The molecule has 2 heterocycles. The zero-order valence-electron chi connectivity index (χ0n) is 31.1. The van der Waals surface area contributed by atoms with Crippen LogP contribution in [-0.4, -0.2) is 4.57 Å². The Morgan fingerprint density at radius 1 is 0.316 bits per heavy atom. The number of benzene rings is 9. The minimum Gasteiger partial charge on any atom is -0.310 e. The van der Waals surface area contributed by atoms with E-state index < -0.39 is 0 Å². The summed E-state index contributed by atoms with van der Waals surface area (Å²) >= 11 is 1.87. The summed E-state index contributed by atoms with van der Waals surface area (Å²) in [4.78, 5) is 2.40. The first-order chi connectivity index (χ1) is 28.3. The second-order valence-electron chi connectivity index (χ2n) is 14.5. The molecule has 0 radical (unpaired) electrons. The van der Waals surface area contributed by atoms with E-state index in [1.807, 2.05) is 11.3 Å². The van der Waals surface area contributed by atoms with Crippen LogP contribution < -0.4 is 4.90 Å². The summed E-state index contributed by atoms with van der Waals surface area (Å²) in [5.41, 5.74) is 14.1. The van der Waals surface area contributed by atoms with Crippen molar-refractivity contribution in [3.63, 3.8) is 0 Å². The highest BCUT2D eigenvalue weighted by molar-refractivity contribution is 7.26. The Morgan fingerprint density at radius 3 is 1.33 bits per heavy atom. The van der Waals surface area contributed by atoms with Crippen molar-refractivity contribution in [1.29, 1.82) is 0 Å². The smallest absolute Gasteiger partial charge is 0.0548 e. The van der Waals surface area contributed by atoms with Gasteiger partial charge in [0.15, 0.2) is 0 Å². The molecule has 0 fully saturated rings. The lowest BCUT2D eigenvalue weighted by atomic mass is 10.0. The number of aromatic nitrogens is 1. The number of anilines is 3. The summed E-state index contributed by atoms with van der Waals surface area (Å²) in [6.07, 6.45) is 0. The minimum atomic E-state index is 1.10. The van der Waals surface area contributed by atoms with Crippen LogP contribution >= 0.6 is 11.3 Å². The largest absolute Gasteiger partial charge is 0.310 e. The van der Waals surface area contributed by atoms with Gasteiger partial charge >= 0.3 is 0 Å². The molecular formula is C54H36N2S. The second-order valence-corrected chi connectivity index (χ2v) is 15.6. The molecule has 0 atom stereocenters. The Balaban J connectivity index is 1.13. The zero-order chi connectivity index (χ0) is 37.7. The van der Waals surface area contributed by atoms with Gasteiger partial charge in [-0.2, -0.15) is 0 Å². The summed E-state index contributed by atoms with van der Waals surface area (Å²) in [5, 5.41) is 5.14. The van der Waals surface area contributed by atoms with Crippen LogP contribution in [0.25, 0.3) is 81.0 Å². The normalized spacial score (nSPS) is 11.5. The van der Waals surface area contributed by atoms with E-state index in [4.69, 9.17) is 0 Å². The third-order valence-electron chi connectivity index (χ3n) is 11.2. The number of hydrogen-bond acceptors (Lipinski definition) is 2. The van der Waals surface area contributed by atoms with Crippen molar-refractivity contribution in [3.05, 3.63) is 218 Å². The van der Waals surface area contributed by atoms with E-state index in [1.165, 1.54) is 75.4 Å². The molecule has 11 aromatic rings. The zero-order valence-corrected chi connectivity index (χ0v) is 31.9. The van der Waals surface area contributed by atoms with Crippen molar-refractivity contribution in [2.45, 2.75) is 0 Å². The standard InChI is InChI=1S/C54H36N2S/c1-4-12-37(13-5-1)40-20-26-43(27-21-40)55(44-28-22-41(23-29-44)38-14-6-2-7-15-38)46-32-33-49-48(36-46)53-50(34-35-52-54(53)47-18-10-11-19-51(47)57-52)56(49)45-30-24-42(25-31-45)39-16-8-3-9-17-39/h1-36H. The molecule has 0 N–H and O–H groups in total. The Kier molecular flexibility index (Phi) is 8.04. The monoisotopic (exact) mass is 744 g/mol. The van der Waals surface area contributed by atoms with Crippen molar-refractivity contribution >= 4 is 70.4 Å². The van der Waals surface area contributed by atoms with Gasteiger partial charge in [0, 0.05) is 53.7 Å². The van der Waals surface area contributed by atoms with Crippen LogP contribution in [0.15, 0.2) is 218 Å².